The highest BCUT2D eigenvalue weighted by Crippen LogP contribution is 2.26. The van der Waals surface area contributed by atoms with Crippen molar-refractivity contribution in [3.8, 4) is 0 Å². The van der Waals surface area contributed by atoms with Crippen molar-refractivity contribution in [2.75, 3.05) is 39.3 Å². The number of amidine groups is 1. The van der Waals surface area contributed by atoms with Crippen LogP contribution in [0.15, 0.2) is 24.3 Å². The maximum Gasteiger partial charge on any atom is 0.317 e. The molecule has 2 aliphatic heterocycles. The first-order valence-corrected chi connectivity index (χ1v) is 8.53. The Hall–Kier alpha value is -2.00. The number of nitrogen functional groups attached to an aromatic ring is 1. The van der Waals surface area contributed by atoms with Gasteiger partial charge in [0.15, 0.2) is 0 Å². The molecule has 1 aromatic rings. The van der Waals surface area contributed by atoms with Gasteiger partial charge < -0.3 is 10.8 Å². The van der Waals surface area contributed by atoms with E-state index >= 15 is 0 Å². The third kappa shape index (κ3) is 4.76. The summed E-state index contributed by atoms with van der Waals surface area (Å²) in [4.78, 5) is 20.8. The van der Waals surface area contributed by atoms with Gasteiger partial charge in [-0.3, -0.25) is 24.8 Å². The number of benzene rings is 1. The molecule has 25 heavy (non-hydrogen) atoms. The summed E-state index contributed by atoms with van der Waals surface area (Å²) in [7, 11) is 0. The number of nitrogens with one attached hydrogen (secondary N) is 2. The van der Waals surface area contributed by atoms with Crippen LogP contribution in [0.5, 0.6) is 0 Å². The molecule has 5 N–H and O–H groups in total. The van der Waals surface area contributed by atoms with Crippen molar-refractivity contribution in [1.82, 2.24) is 15.3 Å². The van der Waals surface area contributed by atoms with E-state index in [0.29, 0.717) is 0 Å². The van der Waals surface area contributed by atoms with Crippen LogP contribution in [0.4, 0.5) is 0 Å². The van der Waals surface area contributed by atoms with E-state index in [1.54, 1.807) is 0 Å². The predicted octanol–water partition coefficient (Wildman–Crippen LogP) is 0.00747. The standard InChI is InChI=1S/C17H25N5O3/c18-17(19)13-3-1-12(2-4-13)15-9-14(25-20-15)10-21-5-7-22(8-6-21)11-16(23)24/h1-4,14-15,20H,5-11H2,(H3,18,19)(H,23,24). The molecule has 0 saturated carbocycles. The van der Waals surface area contributed by atoms with E-state index in [4.69, 9.17) is 21.1 Å². The number of carboxylic acid groups (broad SMARTS) is 1. The van der Waals surface area contributed by atoms with E-state index in [9.17, 15) is 4.79 Å². The minimum absolute atomic E-state index is 0.0714. The molecule has 8 heteroatoms. The molecular formula is C17H25N5O3. The van der Waals surface area contributed by atoms with Gasteiger partial charge >= 0.3 is 5.97 Å². The molecule has 0 aliphatic carbocycles. The fourth-order valence-corrected chi connectivity index (χ4v) is 3.36. The number of hydroxylamine groups is 1. The number of carboxylic acids is 1. The maximum atomic E-state index is 10.8. The molecule has 2 heterocycles. The van der Waals surface area contributed by atoms with Gasteiger partial charge in [-0.15, -0.1) is 0 Å². The van der Waals surface area contributed by atoms with Crippen molar-refractivity contribution >= 4 is 11.8 Å². The second-order valence-corrected chi connectivity index (χ2v) is 6.65. The van der Waals surface area contributed by atoms with E-state index in [-0.39, 0.29) is 24.5 Å². The van der Waals surface area contributed by atoms with Gasteiger partial charge in [0.25, 0.3) is 0 Å². The van der Waals surface area contributed by atoms with Crippen LogP contribution < -0.4 is 11.2 Å². The normalized spacial score (nSPS) is 25.1. The number of piperazine rings is 1. The molecule has 0 radical (unpaired) electrons. The van der Waals surface area contributed by atoms with Gasteiger partial charge in [-0.05, 0) is 12.0 Å². The topological polar surface area (TPSA) is 115 Å². The number of hydrogen-bond acceptors (Lipinski definition) is 6. The minimum atomic E-state index is -0.768. The van der Waals surface area contributed by atoms with E-state index in [1.165, 1.54) is 0 Å². The van der Waals surface area contributed by atoms with Crippen LogP contribution in [0.1, 0.15) is 23.6 Å². The van der Waals surface area contributed by atoms with Crippen molar-refractivity contribution in [3.63, 3.8) is 0 Å². The Balaban J connectivity index is 1.45. The molecule has 2 fully saturated rings. The second-order valence-electron chi connectivity index (χ2n) is 6.65. The van der Waals surface area contributed by atoms with Crippen LogP contribution in [0.3, 0.4) is 0 Å². The molecule has 8 nitrogen and oxygen atoms in total. The molecule has 0 bridgehead atoms. The fraction of sp³-hybridized carbons (Fsp3) is 0.529. The van der Waals surface area contributed by atoms with Crippen molar-refractivity contribution in [3.05, 3.63) is 35.4 Å². The van der Waals surface area contributed by atoms with Gasteiger partial charge in [-0.1, -0.05) is 24.3 Å². The zero-order valence-electron chi connectivity index (χ0n) is 14.1. The monoisotopic (exact) mass is 347 g/mol. The zero-order chi connectivity index (χ0) is 17.8. The molecule has 0 spiro atoms. The highest BCUT2D eigenvalue weighted by Gasteiger charge is 2.29. The van der Waals surface area contributed by atoms with Crippen LogP contribution >= 0.6 is 0 Å². The lowest BCUT2D eigenvalue weighted by Crippen LogP contribution is -2.49. The van der Waals surface area contributed by atoms with Crippen molar-refractivity contribution in [2.24, 2.45) is 5.73 Å². The first-order valence-electron chi connectivity index (χ1n) is 8.53. The van der Waals surface area contributed by atoms with Crippen LogP contribution in [0, 0.1) is 5.41 Å². The lowest BCUT2D eigenvalue weighted by molar-refractivity contribution is -0.138. The van der Waals surface area contributed by atoms with Crippen LogP contribution in [0.25, 0.3) is 0 Å². The minimum Gasteiger partial charge on any atom is -0.480 e. The highest BCUT2D eigenvalue weighted by molar-refractivity contribution is 5.94. The highest BCUT2D eigenvalue weighted by atomic mass is 16.7. The number of carbonyl (C=O) groups is 1. The Labute approximate surface area is 147 Å². The van der Waals surface area contributed by atoms with Gasteiger partial charge in [0, 0.05) is 38.3 Å². The SMILES string of the molecule is N=C(N)c1ccc(C2CC(CN3CCN(CC(=O)O)CC3)ON2)cc1. The fourth-order valence-electron chi connectivity index (χ4n) is 3.36. The largest absolute Gasteiger partial charge is 0.480 e. The average molecular weight is 347 g/mol. The molecule has 0 amide bonds. The predicted molar refractivity (Wildman–Crippen MR) is 93.3 cm³/mol. The Kier molecular flexibility index (Phi) is 5.64. The number of nitrogens with two attached hydrogens (primary N) is 1. The molecular weight excluding hydrogens is 322 g/mol. The van der Waals surface area contributed by atoms with Crippen molar-refractivity contribution < 1.29 is 14.7 Å². The Bertz CT molecular complexity index is 613. The van der Waals surface area contributed by atoms with Gasteiger partial charge in [0.2, 0.25) is 0 Å². The summed E-state index contributed by atoms with van der Waals surface area (Å²) in [6.45, 7) is 4.25. The molecule has 3 rings (SSSR count). The summed E-state index contributed by atoms with van der Waals surface area (Å²) < 4.78 is 0. The third-order valence-electron chi connectivity index (χ3n) is 4.79. The molecule has 2 saturated heterocycles. The maximum absolute atomic E-state index is 10.8. The van der Waals surface area contributed by atoms with Gasteiger partial charge in [0.05, 0.1) is 18.7 Å². The summed E-state index contributed by atoms with van der Waals surface area (Å²) >= 11 is 0. The third-order valence-corrected chi connectivity index (χ3v) is 4.79. The van der Waals surface area contributed by atoms with Crippen molar-refractivity contribution in [1.29, 1.82) is 5.41 Å². The van der Waals surface area contributed by atoms with Gasteiger partial charge in [0.1, 0.15) is 5.84 Å². The lowest BCUT2D eigenvalue weighted by atomic mass is 10.0. The lowest BCUT2D eigenvalue weighted by Gasteiger charge is -2.34. The smallest absolute Gasteiger partial charge is 0.317 e. The van der Waals surface area contributed by atoms with E-state index < -0.39 is 5.97 Å². The summed E-state index contributed by atoms with van der Waals surface area (Å²) in [6.07, 6.45) is 0.998. The first-order chi connectivity index (χ1) is 12.0. The van der Waals surface area contributed by atoms with E-state index in [2.05, 4.69) is 10.4 Å². The summed E-state index contributed by atoms with van der Waals surface area (Å²) in [5.74, 6) is -0.697. The van der Waals surface area contributed by atoms with Crippen LogP contribution in [-0.2, 0) is 9.63 Å². The number of hydrogen-bond donors (Lipinski definition) is 4. The number of aliphatic carboxylic acids is 1. The van der Waals surface area contributed by atoms with Gasteiger partial charge in [-0.25, -0.2) is 0 Å². The summed E-state index contributed by atoms with van der Waals surface area (Å²) in [5.41, 5.74) is 10.4. The Morgan fingerprint density at radius 2 is 1.88 bits per heavy atom. The zero-order valence-corrected chi connectivity index (χ0v) is 14.1. The first kappa shape index (κ1) is 17.8. The second kappa shape index (κ2) is 7.92. The molecule has 2 aliphatic rings. The summed E-state index contributed by atoms with van der Waals surface area (Å²) in [6, 6.07) is 7.80. The van der Waals surface area contributed by atoms with E-state index in [1.807, 2.05) is 29.2 Å². The molecule has 2 atom stereocenters. The molecule has 0 aromatic heterocycles. The Morgan fingerprint density at radius 1 is 1.24 bits per heavy atom. The Morgan fingerprint density at radius 3 is 2.48 bits per heavy atom. The number of rotatable bonds is 6. The van der Waals surface area contributed by atoms with Crippen LogP contribution in [0.2, 0.25) is 0 Å². The quantitative estimate of drug-likeness (QED) is 0.423. The van der Waals surface area contributed by atoms with Crippen LogP contribution in [-0.4, -0.2) is 72.1 Å². The molecule has 1 aromatic carbocycles. The van der Waals surface area contributed by atoms with E-state index in [0.717, 1.165) is 50.3 Å². The van der Waals surface area contributed by atoms with Crippen molar-refractivity contribution in [2.45, 2.75) is 18.6 Å². The average Bonchev–Trinajstić information content (AvgIpc) is 3.05. The number of nitrogens with zero attached hydrogens (tertiary/aromatic N) is 2. The molecule has 2 unspecified atom stereocenters. The molecule has 136 valence electrons. The van der Waals surface area contributed by atoms with Gasteiger partial charge in [-0.2, -0.15) is 5.48 Å². The summed E-state index contributed by atoms with van der Waals surface area (Å²) in [5, 5.41) is 16.3.